The Morgan fingerprint density at radius 3 is 2.31 bits per heavy atom. The number of rotatable bonds is 6. The lowest BCUT2D eigenvalue weighted by Crippen LogP contribution is -2.43. The molecule has 182 valence electrons. The lowest BCUT2D eigenvalue weighted by atomic mass is 9.89. The topological polar surface area (TPSA) is 158 Å². The number of benzene rings is 2. The van der Waals surface area contributed by atoms with Crippen LogP contribution in [0.5, 0.6) is 11.5 Å². The third-order valence-corrected chi connectivity index (χ3v) is 5.85. The summed E-state index contributed by atoms with van der Waals surface area (Å²) in [5.41, 5.74) is 9.40. The van der Waals surface area contributed by atoms with Gasteiger partial charge in [0.25, 0.3) is 11.4 Å². The van der Waals surface area contributed by atoms with E-state index in [4.69, 9.17) is 15.2 Å². The van der Waals surface area contributed by atoms with Crippen LogP contribution in [-0.4, -0.2) is 55.1 Å². The van der Waals surface area contributed by atoms with E-state index >= 15 is 0 Å². The minimum atomic E-state index is -0.626. The number of aliphatic imine (C=N–C) groups is 1. The Kier molecular flexibility index (Phi) is 6.38. The second kappa shape index (κ2) is 9.43. The summed E-state index contributed by atoms with van der Waals surface area (Å²) in [6, 6.07) is 8.11. The largest absolute Gasteiger partial charge is 0.496 e. The smallest absolute Gasteiger partial charge is 0.270 e. The predicted octanol–water partition coefficient (Wildman–Crippen LogP) is 2.76. The molecule has 0 saturated heterocycles. The predicted molar refractivity (Wildman–Crippen MR) is 129 cm³/mol. The van der Waals surface area contributed by atoms with Crippen molar-refractivity contribution in [2.75, 3.05) is 34.4 Å². The van der Waals surface area contributed by atoms with Crippen molar-refractivity contribution >= 4 is 23.4 Å². The van der Waals surface area contributed by atoms with Crippen LogP contribution in [0.1, 0.15) is 17.2 Å². The van der Waals surface area contributed by atoms with Gasteiger partial charge in [-0.25, -0.2) is 4.99 Å². The standard InChI is InChI=1S/C23H24N6O6/c1-27-11-14(8-13-9-15(28(30)31)4-6-19(13)34-2)21-18(12-27)22(26-23(24)25-21)17-10-16(29(32)33)5-7-20(17)35-3/h4-10,22H,11-12H2,1-3H3,(H3,24,25,26)/b14-8+. The van der Waals surface area contributed by atoms with Crippen LogP contribution >= 0.6 is 0 Å². The van der Waals surface area contributed by atoms with Crippen molar-refractivity contribution in [3.8, 4) is 11.5 Å². The van der Waals surface area contributed by atoms with Gasteiger partial charge >= 0.3 is 0 Å². The van der Waals surface area contributed by atoms with E-state index in [1.807, 2.05) is 18.0 Å². The van der Waals surface area contributed by atoms with Crippen LogP contribution in [0.4, 0.5) is 11.4 Å². The number of non-ortho nitro benzene ring substituents is 2. The number of hydrogen-bond donors (Lipinski definition) is 2. The highest BCUT2D eigenvalue weighted by molar-refractivity contribution is 5.84. The third-order valence-electron chi connectivity index (χ3n) is 5.85. The molecule has 35 heavy (non-hydrogen) atoms. The Morgan fingerprint density at radius 1 is 1.06 bits per heavy atom. The number of likely N-dealkylation sites (N-methyl/N-ethyl adjacent to an activating group) is 1. The minimum Gasteiger partial charge on any atom is -0.496 e. The fraction of sp³-hybridized carbons (Fsp3) is 0.261. The van der Waals surface area contributed by atoms with Gasteiger partial charge in [-0.2, -0.15) is 0 Å². The number of methoxy groups -OCH3 is 2. The summed E-state index contributed by atoms with van der Waals surface area (Å²) in [7, 11) is 4.90. The van der Waals surface area contributed by atoms with Gasteiger partial charge in [0, 0.05) is 54.2 Å². The molecule has 2 aromatic carbocycles. The molecule has 12 heteroatoms. The van der Waals surface area contributed by atoms with E-state index in [2.05, 4.69) is 10.3 Å². The number of nitrogens with one attached hydrogen (secondary N) is 1. The summed E-state index contributed by atoms with van der Waals surface area (Å²) in [6.45, 7) is 1.03. The number of nitrogens with zero attached hydrogens (tertiary/aromatic N) is 4. The number of nitro benzene ring substituents is 2. The minimum absolute atomic E-state index is 0.0621. The van der Waals surface area contributed by atoms with E-state index in [1.165, 1.54) is 38.5 Å². The monoisotopic (exact) mass is 480 g/mol. The first-order valence-electron chi connectivity index (χ1n) is 10.6. The van der Waals surface area contributed by atoms with Gasteiger partial charge in [0.2, 0.25) is 0 Å². The van der Waals surface area contributed by atoms with Crippen molar-refractivity contribution in [1.82, 2.24) is 10.2 Å². The highest BCUT2D eigenvalue weighted by Crippen LogP contribution is 2.41. The SMILES string of the molecule is COc1ccc([N+](=O)[O-])cc1/C=C1\CN(C)CC2=C1NC(N)=NC2c1cc([N+](=O)[O-])ccc1OC. The molecule has 12 nitrogen and oxygen atoms in total. The zero-order valence-corrected chi connectivity index (χ0v) is 19.3. The molecule has 0 fully saturated rings. The summed E-state index contributed by atoms with van der Waals surface area (Å²) in [6.07, 6.45) is 1.81. The maximum absolute atomic E-state index is 11.4. The second-order valence-corrected chi connectivity index (χ2v) is 8.15. The third kappa shape index (κ3) is 4.64. The molecule has 1 unspecified atom stereocenters. The average molecular weight is 480 g/mol. The van der Waals surface area contributed by atoms with E-state index in [0.717, 1.165) is 11.1 Å². The molecule has 0 bridgehead atoms. The van der Waals surface area contributed by atoms with Gasteiger partial charge in [0.05, 0.1) is 24.1 Å². The van der Waals surface area contributed by atoms with Gasteiger partial charge in [-0.15, -0.1) is 0 Å². The number of hydrogen-bond acceptors (Lipinski definition) is 10. The highest BCUT2D eigenvalue weighted by Gasteiger charge is 2.33. The van der Waals surface area contributed by atoms with Crippen LogP contribution in [0.2, 0.25) is 0 Å². The molecule has 3 N–H and O–H groups in total. The van der Waals surface area contributed by atoms with E-state index in [0.29, 0.717) is 41.4 Å². The van der Waals surface area contributed by atoms with Crippen molar-refractivity contribution in [1.29, 1.82) is 0 Å². The van der Waals surface area contributed by atoms with Gasteiger partial charge in [0.15, 0.2) is 5.96 Å². The van der Waals surface area contributed by atoms with Crippen molar-refractivity contribution < 1.29 is 19.3 Å². The fourth-order valence-electron chi connectivity index (χ4n) is 4.32. The maximum atomic E-state index is 11.4. The van der Waals surface area contributed by atoms with Gasteiger partial charge in [-0.1, -0.05) is 0 Å². The van der Waals surface area contributed by atoms with Crippen molar-refractivity contribution in [2.24, 2.45) is 10.7 Å². The lowest BCUT2D eigenvalue weighted by molar-refractivity contribution is -0.385. The van der Waals surface area contributed by atoms with E-state index in [-0.39, 0.29) is 17.3 Å². The van der Waals surface area contributed by atoms with Gasteiger partial charge < -0.3 is 20.5 Å². The quantitative estimate of drug-likeness (QED) is 0.468. The van der Waals surface area contributed by atoms with E-state index in [9.17, 15) is 20.2 Å². The van der Waals surface area contributed by atoms with E-state index in [1.54, 1.807) is 12.1 Å². The molecule has 2 aliphatic heterocycles. The molecule has 0 radical (unpaired) electrons. The van der Waals surface area contributed by atoms with Crippen molar-refractivity contribution in [2.45, 2.75) is 6.04 Å². The Bertz CT molecular complexity index is 1300. The molecule has 2 aromatic rings. The van der Waals surface area contributed by atoms with Crippen LogP contribution in [-0.2, 0) is 0 Å². The maximum Gasteiger partial charge on any atom is 0.270 e. The molecule has 0 spiro atoms. The molecular formula is C23H24N6O6. The van der Waals surface area contributed by atoms with Crippen LogP contribution in [0, 0.1) is 20.2 Å². The number of ether oxygens (including phenoxy) is 2. The lowest BCUT2D eigenvalue weighted by Gasteiger charge is -2.36. The first kappa shape index (κ1) is 23.7. The second-order valence-electron chi connectivity index (χ2n) is 8.15. The number of guanidine groups is 1. The molecule has 0 aliphatic carbocycles. The summed E-state index contributed by atoms with van der Waals surface area (Å²) >= 11 is 0. The Balaban J connectivity index is 1.88. The summed E-state index contributed by atoms with van der Waals surface area (Å²) in [5, 5.41) is 25.9. The average Bonchev–Trinajstić information content (AvgIpc) is 2.83. The van der Waals surface area contributed by atoms with Gasteiger partial charge in [0.1, 0.15) is 17.5 Å². The van der Waals surface area contributed by atoms with Crippen LogP contribution < -0.4 is 20.5 Å². The van der Waals surface area contributed by atoms with Crippen LogP contribution in [0.25, 0.3) is 6.08 Å². The Morgan fingerprint density at radius 2 is 1.69 bits per heavy atom. The molecule has 4 rings (SSSR count). The van der Waals surface area contributed by atoms with Crippen molar-refractivity contribution in [3.05, 3.63) is 84.6 Å². The fourth-order valence-corrected chi connectivity index (χ4v) is 4.32. The van der Waals surface area contributed by atoms with Gasteiger partial charge in [-0.3, -0.25) is 25.1 Å². The zero-order valence-electron chi connectivity index (χ0n) is 19.3. The summed E-state index contributed by atoms with van der Waals surface area (Å²) in [5.74, 6) is 1.07. The first-order valence-corrected chi connectivity index (χ1v) is 10.6. The highest BCUT2D eigenvalue weighted by atomic mass is 16.6. The molecule has 2 heterocycles. The molecule has 0 amide bonds. The van der Waals surface area contributed by atoms with Crippen LogP contribution in [0.3, 0.4) is 0 Å². The van der Waals surface area contributed by atoms with E-state index < -0.39 is 15.9 Å². The number of nitro groups is 2. The Hall–Kier alpha value is -4.45. The summed E-state index contributed by atoms with van der Waals surface area (Å²) in [4.78, 5) is 28.4. The Labute approximate surface area is 200 Å². The zero-order chi connectivity index (χ0) is 25.3. The summed E-state index contributed by atoms with van der Waals surface area (Å²) < 4.78 is 10.9. The normalized spacial score (nSPS) is 19.0. The molecule has 1 atom stereocenters. The molecule has 0 saturated carbocycles. The van der Waals surface area contributed by atoms with Crippen LogP contribution in [0.15, 0.2) is 58.2 Å². The van der Waals surface area contributed by atoms with Gasteiger partial charge in [-0.05, 0) is 36.4 Å². The molecular weight excluding hydrogens is 456 g/mol. The van der Waals surface area contributed by atoms with Crippen molar-refractivity contribution in [3.63, 3.8) is 0 Å². The molecule has 2 aliphatic rings. The first-order chi connectivity index (χ1) is 16.7. The number of nitrogens with two attached hydrogens (primary N) is 1. The molecule has 0 aromatic heterocycles.